The maximum Gasteiger partial charge on any atom is 0.306 e. The Balaban J connectivity index is 2.06. The van der Waals surface area contributed by atoms with Crippen LogP contribution < -0.4 is 0 Å². The fourth-order valence-corrected chi connectivity index (χ4v) is 4.40. The Morgan fingerprint density at radius 2 is 1.41 bits per heavy atom. The van der Waals surface area contributed by atoms with Crippen molar-refractivity contribution in [3.63, 3.8) is 0 Å². The molecule has 0 spiro atoms. The summed E-state index contributed by atoms with van der Waals surface area (Å²) in [4.78, 5) is 12.3. The van der Waals surface area contributed by atoms with Gasteiger partial charge in [0.15, 0.2) is 0 Å². The van der Waals surface area contributed by atoms with E-state index in [1.54, 1.807) is 0 Å². The molecule has 0 radical (unpaired) electrons. The van der Waals surface area contributed by atoms with Crippen molar-refractivity contribution in [1.82, 2.24) is 0 Å². The molecular weight excluding hydrogens is 392 g/mol. The first-order valence-corrected chi connectivity index (χ1v) is 13.3. The number of allylic oxidation sites excluding steroid dienone is 8. The standard InChI is InChI=1S/C30H50O2/c1-5-6-7-8-9-10-11-12-13-14-15-16-17-18-19-20-21-22-30(31)32-29-25-27(4)23-24-28(29)26(2)3/h9-10,12-13,15-16,18-19,26-29H,5-8,11,14,17,20-25H2,1-4H3/b10-9-,13-12-,16-15-,19-18-/t27-,28+,29-/m1/s1. The predicted octanol–water partition coefficient (Wildman–Crippen LogP) is 9.14. The lowest BCUT2D eigenvalue weighted by molar-refractivity contribution is -0.156. The van der Waals surface area contributed by atoms with Crippen molar-refractivity contribution in [2.75, 3.05) is 0 Å². The van der Waals surface area contributed by atoms with Crippen molar-refractivity contribution in [2.24, 2.45) is 17.8 Å². The lowest BCUT2D eigenvalue weighted by Gasteiger charge is -2.36. The summed E-state index contributed by atoms with van der Waals surface area (Å²) in [7, 11) is 0. The third-order valence-electron chi connectivity index (χ3n) is 6.45. The van der Waals surface area contributed by atoms with Gasteiger partial charge in [-0.25, -0.2) is 0 Å². The molecule has 0 amide bonds. The molecule has 0 aliphatic heterocycles. The second-order valence-electron chi connectivity index (χ2n) is 9.84. The van der Waals surface area contributed by atoms with Crippen molar-refractivity contribution in [3.05, 3.63) is 48.6 Å². The van der Waals surface area contributed by atoms with Crippen LogP contribution in [0.25, 0.3) is 0 Å². The van der Waals surface area contributed by atoms with Gasteiger partial charge in [0, 0.05) is 6.42 Å². The molecule has 32 heavy (non-hydrogen) atoms. The highest BCUT2D eigenvalue weighted by Gasteiger charge is 2.33. The molecular formula is C30H50O2. The van der Waals surface area contributed by atoms with Gasteiger partial charge in [-0.1, -0.05) is 95.6 Å². The van der Waals surface area contributed by atoms with E-state index in [9.17, 15) is 4.79 Å². The van der Waals surface area contributed by atoms with Crippen LogP contribution in [-0.4, -0.2) is 12.1 Å². The minimum atomic E-state index is -0.00867. The molecule has 0 aromatic heterocycles. The molecule has 0 bridgehead atoms. The van der Waals surface area contributed by atoms with Gasteiger partial charge in [-0.15, -0.1) is 0 Å². The summed E-state index contributed by atoms with van der Waals surface area (Å²) in [5.74, 6) is 1.78. The van der Waals surface area contributed by atoms with E-state index in [4.69, 9.17) is 4.74 Å². The van der Waals surface area contributed by atoms with Crippen molar-refractivity contribution in [2.45, 2.75) is 117 Å². The highest BCUT2D eigenvalue weighted by molar-refractivity contribution is 5.69. The molecule has 0 heterocycles. The average molecular weight is 443 g/mol. The number of hydrogen-bond donors (Lipinski definition) is 0. The van der Waals surface area contributed by atoms with Crippen LogP contribution >= 0.6 is 0 Å². The lowest BCUT2D eigenvalue weighted by atomic mass is 9.75. The second-order valence-corrected chi connectivity index (χ2v) is 9.84. The fraction of sp³-hybridized carbons (Fsp3) is 0.700. The van der Waals surface area contributed by atoms with Gasteiger partial charge in [-0.2, -0.15) is 0 Å². The fourth-order valence-electron chi connectivity index (χ4n) is 4.40. The van der Waals surface area contributed by atoms with E-state index in [1.807, 2.05) is 0 Å². The maximum absolute atomic E-state index is 12.3. The first kappa shape index (κ1) is 28.5. The number of unbranched alkanes of at least 4 members (excludes halogenated alkanes) is 4. The largest absolute Gasteiger partial charge is 0.462 e. The molecule has 0 aromatic carbocycles. The predicted molar refractivity (Wildman–Crippen MR) is 140 cm³/mol. The van der Waals surface area contributed by atoms with E-state index in [2.05, 4.69) is 76.3 Å². The van der Waals surface area contributed by atoms with Gasteiger partial charge in [-0.05, 0) is 75.5 Å². The summed E-state index contributed by atoms with van der Waals surface area (Å²) in [5, 5.41) is 0. The Kier molecular flexibility index (Phi) is 16.9. The molecule has 3 atom stereocenters. The van der Waals surface area contributed by atoms with Crippen LogP contribution in [0.2, 0.25) is 0 Å². The Hall–Kier alpha value is -1.57. The van der Waals surface area contributed by atoms with Crippen LogP contribution in [0.15, 0.2) is 48.6 Å². The number of ether oxygens (including phenoxy) is 1. The van der Waals surface area contributed by atoms with Gasteiger partial charge in [0.1, 0.15) is 6.10 Å². The van der Waals surface area contributed by atoms with E-state index >= 15 is 0 Å². The normalized spacial score (nSPS) is 22.2. The zero-order valence-electron chi connectivity index (χ0n) is 21.4. The summed E-state index contributed by atoms with van der Waals surface area (Å²) in [5.41, 5.74) is 0. The third-order valence-corrected chi connectivity index (χ3v) is 6.45. The molecule has 182 valence electrons. The van der Waals surface area contributed by atoms with Gasteiger partial charge in [-0.3, -0.25) is 4.79 Å². The Labute approximate surface area is 199 Å². The average Bonchev–Trinajstić information content (AvgIpc) is 2.75. The maximum atomic E-state index is 12.3. The summed E-state index contributed by atoms with van der Waals surface area (Å²) >= 11 is 0. The van der Waals surface area contributed by atoms with Crippen molar-refractivity contribution in [3.8, 4) is 0 Å². The monoisotopic (exact) mass is 442 g/mol. The lowest BCUT2D eigenvalue weighted by Crippen LogP contribution is -2.35. The van der Waals surface area contributed by atoms with Gasteiger partial charge >= 0.3 is 5.97 Å². The molecule has 1 aliphatic rings. The minimum absolute atomic E-state index is 0.00867. The van der Waals surface area contributed by atoms with Crippen molar-refractivity contribution < 1.29 is 9.53 Å². The first-order chi connectivity index (χ1) is 15.5. The summed E-state index contributed by atoms with van der Waals surface area (Å²) in [6, 6.07) is 0. The quantitative estimate of drug-likeness (QED) is 0.135. The van der Waals surface area contributed by atoms with Crippen molar-refractivity contribution in [1.29, 1.82) is 0 Å². The van der Waals surface area contributed by atoms with Crippen LogP contribution in [0.4, 0.5) is 0 Å². The number of carbonyl (C=O) groups excluding carboxylic acids is 1. The van der Waals surface area contributed by atoms with Gasteiger partial charge < -0.3 is 4.74 Å². The summed E-state index contributed by atoms with van der Waals surface area (Å²) < 4.78 is 5.88. The molecule has 0 saturated heterocycles. The van der Waals surface area contributed by atoms with Crippen LogP contribution in [0.1, 0.15) is 111 Å². The van der Waals surface area contributed by atoms with Crippen LogP contribution in [-0.2, 0) is 9.53 Å². The number of carbonyl (C=O) groups is 1. The highest BCUT2D eigenvalue weighted by Crippen LogP contribution is 2.35. The topological polar surface area (TPSA) is 26.3 Å². The van der Waals surface area contributed by atoms with Crippen molar-refractivity contribution >= 4 is 5.97 Å². The number of esters is 1. The molecule has 1 saturated carbocycles. The zero-order chi connectivity index (χ0) is 23.4. The Morgan fingerprint density at radius 3 is 1.97 bits per heavy atom. The second kappa shape index (κ2) is 18.9. The van der Waals surface area contributed by atoms with E-state index in [0.717, 1.165) is 38.5 Å². The molecule has 1 fully saturated rings. The van der Waals surface area contributed by atoms with E-state index in [-0.39, 0.29) is 12.1 Å². The summed E-state index contributed by atoms with van der Waals surface area (Å²) in [6.45, 7) is 9.03. The molecule has 1 rings (SSSR count). The van der Waals surface area contributed by atoms with Gasteiger partial charge in [0.2, 0.25) is 0 Å². The third kappa shape index (κ3) is 14.5. The van der Waals surface area contributed by atoms with Crippen LogP contribution in [0.5, 0.6) is 0 Å². The van der Waals surface area contributed by atoms with Gasteiger partial charge in [0.25, 0.3) is 0 Å². The molecule has 0 aromatic rings. The Morgan fingerprint density at radius 1 is 0.844 bits per heavy atom. The smallest absolute Gasteiger partial charge is 0.306 e. The van der Waals surface area contributed by atoms with E-state index in [0.29, 0.717) is 24.2 Å². The highest BCUT2D eigenvalue weighted by atomic mass is 16.5. The molecule has 2 heteroatoms. The molecule has 2 nitrogen and oxygen atoms in total. The van der Waals surface area contributed by atoms with E-state index < -0.39 is 0 Å². The molecule has 0 N–H and O–H groups in total. The number of hydrogen-bond acceptors (Lipinski definition) is 2. The SMILES string of the molecule is CCCCC/C=C\C/C=C\C/C=C\C/C=C\CCCC(=O)O[C@@H]1C[C@H](C)CC[C@H]1C(C)C. The molecule has 0 unspecified atom stereocenters. The van der Waals surface area contributed by atoms with Crippen LogP contribution in [0.3, 0.4) is 0 Å². The first-order valence-electron chi connectivity index (χ1n) is 13.3. The summed E-state index contributed by atoms with van der Waals surface area (Å²) in [6.07, 6.45) is 32.0. The minimum Gasteiger partial charge on any atom is -0.462 e. The van der Waals surface area contributed by atoms with Gasteiger partial charge in [0.05, 0.1) is 0 Å². The zero-order valence-corrected chi connectivity index (χ0v) is 21.4. The van der Waals surface area contributed by atoms with E-state index in [1.165, 1.54) is 38.5 Å². The molecule has 1 aliphatic carbocycles. The Bertz CT molecular complexity index is 582. The number of rotatable bonds is 16. The van der Waals surface area contributed by atoms with Crippen LogP contribution in [0, 0.1) is 17.8 Å².